The Morgan fingerprint density at radius 3 is 2.47 bits per heavy atom. The SMILES string of the molecule is Cc1cc(CN2CC[C@@H](O)C2)cc(C)c1OC(F)F. The zero-order valence-electron chi connectivity index (χ0n) is 11.2. The Hall–Kier alpha value is -1.20. The second-order valence-corrected chi connectivity index (χ2v) is 5.11. The summed E-state index contributed by atoms with van der Waals surface area (Å²) in [6.45, 7) is 3.02. The quantitative estimate of drug-likeness (QED) is 0.913. The van der Waals surface area contributed by atoms with Crippen LogP contribution in [0.4, 0.5) is 8.78 Å². The summed E-state index contributed by atoms with van der Waals surface area (Å²) in [5, 5.41) is 9.49. The molecule has 1 aliphatic heterocycles. The average molecular weight is 271 g/mol. The van der Waals surface area contributed by atoms with E-state index in [2.05, 4.69) is 9.64 Å². The van der Waals surface area contributed by atoms with Gasteiger partial charge in [0.25, 0.3) is 0 Å². The molecule has 5 heteroatoms. The summed E-state index contributed by atoms with van der Waals surface area (Å²) in [7, 11) is 0. The van der Waals surface area contributed by atoms with Crippen molar-refractivity contribution >= 4 is 0 Å². The first kappa shape index (κ1) is 14.2. The number of aryl methyl sites for hydroxylation is 2. The molecular formula is C14H19F2NO2. The predicted molar refractivity (Wildman–Crippen MR) is 68.4 cm³/mol. The van der Waals surface area contributed by atoms with Crippen molar-refractivity contribution in [3.63, 3.8) is 0 Å². The highest BCUT2D eigenvalue weighted by Gasteiger charge is 2.20. The molecule has 1 N–H and O–H groups in total. The first-order valence-corrected chi connectivity index (χ1v) is 6.41. The molecule has 2 rings (SSSR count). The molecule has 0 radical (unpaired) electrons. The lowest BCUT2D eigenvalue weighted by Gasteiger charge is -2.18. The van der Waals surface area contributed by atoms with E-state index < -0.39 is 6.61 Å². The molecule has 0 aromatic heterocycles. The van der Waals surface area contributed by atoms with Gasteiger partial charge in [0.05, 0.1) is 6.10 Å². The van der Waals surface area contributed by atoms with Crippen LogP contribution in [0.1, 0.15) is 23.1 Å². The maximum Gasteiger partial charge on any atom is 0.387 e. The number of aliphatic hydroxyl groups excluding tert-OH is 1. The lowest BCUT2D eigenvalue weighted by molar-refractivity contribution is -0.0507. The van der Waals surface area contributed by atoms with Gasteiger partial charge in [-0.05, 0) is 37.0 Å². The number of likely N-dealkylation sites (tertiary alicyclic amines) is 1. The summed E-state index contributed by atoms with van der Waals surface area (Å²) in [5.41, 5.74) is 2.50. The number of benzene rings is 1. The first-order chi connectivity index (χ1) is 8.95. The molecule has 1 saturated heterocycles. The molecule has 19 heavy (non-hydrogen) atoms. The van der Waals surface area contributed by atoms with Crippen molar-refractivity contribution in [1.82, 2.24) is 4.90 Å². The van der Waals surface area contributed by atoms with Crippen LogP contribution in [0.2, 0.25) is 0 Å². The molecule has 106 valence electrons. The average Bonchev–Trinajstić information content (AvgIpc) is 2.69. The largest absolute Gasteiger partial charge is 0.434 e. The van der Waals surface area contributed by atoms with Crippen LogP contribution in [0.3, 0.4) is 0 Å². The van der Waals surface area contributed by atoms with Gasteiger partial charge in [0.2, 0.25) is 0 Å². The van der Waals surface area contributed by atoms with Gasteiger partial charge in [-0.15, -0.1) is 0 Å². The molecule has 1 aliphatic rings. The van der Waals surface area contributed by atoms with Crippen LogP contribution in [0, 0.1) is 13.8 Å². The molecular weight excluding hydrogens is 252 g/mol. The third kappa shape index (κ3) is 3.64. The number of ether oxygens (including phenoxy) is 1. The summed E-state index contributed by atoms with van der Waals surface area (Å²) in [6.07, 6.45) is 0.550. The van der Waals surface area contributed by atoms with Crippen LogP contribution >= 0.6 is 0 Å². The number of hydrogen-bond donors (Lipinski definition) is 1. The fraction of sp³-hybridized carbons (Fsp3) is 0.571. The number of hydrogen-bond acceptors (Lipinski definition) is 3. The summed E-state index contributed by atoms with van der Waals surface area (Å²) in [6, 6.07) is 3.74. The standard InChI is InChI=1S/C14H19F2NO2/c1-9-5-11(7-17-4-3-12(18)8-17)6-10(2)13(9)19-14(15)16/h5-6,12,14,18H,3-4,7-8H2,1-2H3/t12-/m1/s1. The van der Waals surface area contributed by atoms with Crippen LogP contribution in [0.5, 0.6) is 5.75 Å². The predicted octanol–water partition coefficient (Wildman–Crippen LogP) is 2.47. The highest BCUT2D eigenvalue weighted by atomic mass is 19.3. The topological polar surface area (TPSA) is 32.7 Å². The molecule has 0 bridgehead atoms. The van der Waals surface area contributed by atoms with E-state index in [1.165, 1.54) is 0 Å². The fourth-order valence-electron chi connectivity index (χ4n) is 2.62. The molecule has 0 saturated carbocycles. The molecule has 1 aromatic carbocycles. The van der Waals surface area contributed by atoms with Crippen LogP contribution in [-0.4, -0.2) is 35.8 Å². The van der Waals surface area contributed by atoms with Gasteiger partial charge in [-0.1, -0.05) is 12.1 Å². The molecule has 1 heterocycles. The summed E-state index contributed by atoms with van der Waals surface area (Å²) >= 11 is 0. The minimum absolute atomic E-state index is 0.247. The number of β-amino-alcohol motifs (C(OH)–C–C–N with tert-alkyl or cyclic N) is 1. The summed E-state index contributed by atoms with van der Waals surface area (Å²) < 4.78 is 29.1. The van der Waals surface area contributed by atoms with E-state index in [0.29, 0.717) is 6.54 Å². The smallest absolute Gasteiger partial charge is 0.387 e. The van der Waals surface area contributed by atoms with E-state index in [1.807, 2.05) is 12.1 Å². The number of alkyl halides is 2. The third-order valence-electron chi connectivity index (χ3n) is 3.38. The van der Waals surface area contributed by atoms with Crippen molar-refractivity contribution in [2.45, 2.75) is 39.5 Å². The Balaban J connectivity index is 2.11. The van der Waals surface area contributed by atoms with Crippen molar-refractivity contribution in [2.24, 2.45) is 0 Å². The number of nitrogens with zero attached hydrogens (tertiary/aromatic N) is 1. The first-order valence-electron chi connectivity index (χ1n) is 6.41. The molecule has 3 nitrogen and oxygen atoms in total. The molecule has 1 atom stereocenters. The highest BCUT2D eigenvalue weighted by molar-refractivity contribution is 5.43. The Morgan fingerprint density at radius 1 is 1.37 bits per heavy atom. The van der Waals surface area contributed by atoms with Crippen LogP contribution < -0.4 is 4.74 Å². The number of rotatable bonds is 4. The Bertz CT molecular complexity index is 428. The number of halogens is 2. The van der Waals surface area contributed by atoms with Crippen LogP contribution in [0.25, 0.3) is 0 Å². The van der Waals surface area contributed by atoms with E-state index >= 15 is 0 Å². The van der Waals surface area contributed by atoms with Gasteiger partial charge in [0.15, 0.2) is 0 Å². The van der Waals surface area contributed by atoms with E-state index in [9.17, 15) is 13.9 Å². The van der Waals surface area contributed by atoms with Gasteiger partial charge < -0.3 is 9.84 Å². The van der Waals surface area contributed by atoms with Gasteiger partial charge in [-0.3, -0.25) is 4.90 Å². The zero-order valence-corrected chi connectivity index (χ0v) is 11.2. The molecule has 0 amide bonds. The molecule has 1 aromatic rings. The van der Waals surface area contributed by atoms with Crippen molar-refractivity contribution in [1.29, 1.82) is 0 Å². The molecule has 1 fully saturated rings. The lowest BCUT2D eigenvalue weighted by Crippen LogP contribution is -2.21. The van der Waals surface area contributed by atoms with Gasteiger partial charge in [-0.25, -0.2) is 0 Å². The van der Waals surface area contributed by atoms with Gasteiger partial charge >= 0.3 is 6.61 Å². The van der Waals surface area contributed by atoms with E-state index in [0.717, 1.165) is 36.2 Å². The lowest BCUT2D eigenvalue weighted by atomic mass is 10.1. The van der Waals surface area contributed by atoms with Crippen LogP contribution in [-0.2, 0) is 6.54 Å². The third-order valence-corrected chi connectivity index (χ3v) is 3.38. The molecule has 0 unspecified atom stereocenters. The Kier molecular flexibility index (Phi) is 4.37. The monoisotopic (exact) mass is 271 g/mol. The van der Waals surface area contributed by atoms with Crippen molar-refractivity contribution in [3.05, 3.63) is 28.8 Å². The summed E-state index contributed by atoms with van der Waals surface area (Å²) in [5.74, 6) is 0.264. The maximum atomic E-state index is 12.3. The highest BCUT2D eigenvalue weighted by Crippen LogP contribution is 2.27. The van der Waals surface area contributed by atoms with Gasteiger partial charge in [-0.2, -0.15) is 8.78 Å². The number of aliphatic hydroxyl groups is 1. The second kappa shape index (κ2) is 5.84. The van der Waals surface area contributed by atoms with E-state index in [-0.39, 0.29) is 11.9 Å². The maximum absolute atomic E-state index is 12.3. The Labute approximate surface area is 111 Å². The van der Waals surface area contributed by atoms with Crippen molar-refractivity contribution in [3.8, 4) is 5.75 Å². The van der Waals surface area contributed by atoms with E-state index in [4.69, 9.17) is 0 Å². The minimum Gasteiger partial charge on any atom is -0.434 e. The molecule has 0 spiro atoms. The summed E-state index contributed by atoms with van der Waals surface area (Å²) in [4.78, 5) is 2.16. The molecule has 0 aliphatic carbocycles. The van der Waals surface area contributed by atoms with Gasteiger partial charge in [0.1, 0.15) is 5.75 Å². The normalized spacial score (nSPS) is 20.2. The minimum atomic E-state index is -2.79. The fourth-order valence-corrected chi connectivity index (χ4v) is 2.62. The van der Waals surface area contributed by atoms with Crippen molar-refractivity contribution in [2.75, 3.05) is 13.1 Å². The van der Waals surface area contributed by atoms with Crippen molar-refractivity contribution < 1.29 is 18.6 Å². The Morgan fingerprint density at radius 2 is 2.00 bits per heavy atom. The second-order valence-electron chi connectivity index (χ2n) is 5.11. The van der Waals surface area contributed by atoms with E-state index in [1.54, 1.807) is 13.8 Å². The van der Waals surface area contributed by atoms with Gasteiger partial charge in [0, 0.05) is 19.6 Å². The zero-order chi connectivity index (χ0) is 14.0. The van der Waals surface area contributed by atoms with Crippen LogP contribution in [0.15, 0.2) is 12.1 Å².